The molecule has 90 valence electrons. The van der Waals surface area contributed by atoms with Crippen molar-refractivity contribution < 1.29 is 14.8 Å². The summed E-state index contributed by atoms with van der Waals surface area (Å²) in [5.74, 6) is 0.683. The van der Waals surface area contributed by atoms with Crippen LogP contribution >= 0.6 is 0 Å². The molecule has 2 atom stereocenters. The first kappa shape index (κ1) is 11.2. The molecule has 2 saturated carbocycles. The first-order chi connectivity index (χ1) is 7.58. The Balaban J connectivity index is 1.74. The summed E-state index contributed by atoms with van der Waals surface area (Å²) in [5, 5.41) is 21.6. The Morgan fingerprint density at radius 1 is 1.31 bits per heavy atom. The van der Waals surface area contributed by atoms with Gasteiger partial charge in [-0.15, -0.1) is 0 Å². The van der Waals surface area contributed by atoms with Crippen molar-refractivity contribution in [3.05, 3.63) is 10.1 Å². The van der Waals surface area contributed by atoms with Crippen LogP contribution in [0.5, 0.6) is 0 Å². The van der Waals surface area contributed by atoms with E-state index in [4.69, 9.17) is 5.11 Å². The van der Waals surface area contributed by atoms with E-state index < -0.39 is 6.09 Å². The number of amides is 1. The minimum Gasteiger partial charge on any atom is -0.465 e. The van der Waals surface area contributed by atoms with E-state index in [1.807, 2.05) is 0 Å². The highest BCUT2D eigenvalue weighted by Gasteiger charge is 2.52. The lowest BCUT2D eigenvalue weighted by Crippen LogP contribution is -2.37. The Labute approximate surface area is 93.2 Å². The smallest absolute Gasteiger partial charge is 0.404 e. The zero-order chi connectivity index (χ0) is 11.7. The maximum absolute atomic E-state index is 10.5. The molecule has 0 heterocycles. The maximum Gasteiger partial charge on any atom is 0.404 e. The number of nitrogens with one attached hydrogen (secondary N) is 1. The fourth-order valence-corrected chi connectivity index (χ4v) is 2.82. The van der Waals surface area contributed by atoms with E-state index in [1.165, 1.54) is 0 Å². The van der Waals surface area contributed by atoms with E-state index in [0.717, 1.165) is 25.7 Å². The molecule has 0 aromatic rings. The molecular formula is C10H16N2O4. The van der Waals surface area contributed by atoms with Gasteiger partial charge in [-0.3, -0.25) is 10.1 Å². The van der Waals surface area contributed by atoms with Gasteiger partial charge in [-0.2, -0.15) is 0 Å². The Bertz CT molecular complexity index is 299. The van der Waals surface area contributed by atoms with Crippen LogP contribution < -0.4 is 5.32 Å². The molecule has 0 saturated heterocycles. The molecule has 0 aromatic carbocycles. The van der Waals surface area contributed by atoms with Crippen molar-refractivity contribution in [2.75, 3.05) is 0 Å². The van der Waals surface area contributed by atoms with Crippen molar-refractivity contribution in [1.29, 1.82) is 0 Å². The third-order valence-electron chi connectivity index (χ3n) is 3.78. The average molecular weight is 228 g/mol. The molecule has 6 heteroatoms. The Kier molecular flexibility index (Phi) is 2.98. The van der Waals surface area contributed by atoms with Crippen LogP contribution in [-0.2, 0) is 0 Å². The Morgan fingerprint density at radius 3 is 2.38 bits per heavy atom. The van der Waals surface area contributed by atoms with Crippen molar-refractivity contribution in [1.82, 2.24) is 5.32 Å². The van der Waals surface area contributed by atoms with Crippen molar-refractivity contribution in [2.45, 2.75) is 44.2 Å². The normalized spacial score (nSPS) is 37.8. The minimum absolute atomic E-state index is 0.0431. The number of hydrogen-bond acceptors (Lipinski definition) is 3. The summed E-state index contributed by atoms with van der Waals surface area (Å²) in [6.45, 7) is 0. The van der Waals surface area contributed by atoms with Gasteiger partial charge in [0.25, 0.3) is 0 Å². The SMILES string of the molecule is O=C(O)NC1CCC([C@H]2C[C@@H]2[N+](=O)[O-])CC1. The summed E-state index contributed by atoms with van der Waals surface area (Å²) < 4.78 is 0. The summed E-state index contributed by atoms with van der Waals surface area (Å²) in [6.07, 6.45) is 3.21. The number of hydrogen-bond donors (Lipinski definition) is 2. The topological polar surface area (TPSA) is 92.5 Å². The van der Waals surface area contributed by atoms with Crippen molar-refractivity contribution in [3.8, 4) is 0 Å². The van der Waals surface area contributed by atoms with Crippen molar-refractivity contribution >= 4 is 6.09 Å². The number of rotatable bonds is 3. The Morgan fingerprint density at radius 2 is 1.94 bits per heavy atom. The third kappa shape index (κ3) is 2.43. The molecule has 0 aliphatic heterocycles. The Hall–Kier alpha value is -1.33. The fourth-order valence-electron chi connectivity index (χ4n) is 2.82. The number of carbonyl (C=O) groups is 1. The predicted molar refractivity (Wildman–Crippen MR) is 55.8 cm³/mol. The van der Waals surface area contributed by atoms with Gasteiger partial charge < -0.3 is 10.4 Å². The van der Waals surface area contributed by atoms with Gasteiger partial charge >= 0.3 is 6.09 Å². The number of nitro groups is 1. The molecule has 0 bridgehead atoms. The van der Waals surface area contributed by atoms with Crippen LogP contribution in [0.2, 0.25) is 0 Å². The maximum atomic E-state index is 10.5. The van der Waals surface area contributed by atoms with Crippen LogP contribution in [-0.4, -0.2) is 28.2 Å². The lowest BCUT2D eigenvalue weighted by Gasteiger charge is -2.27. The zero-order valence-electron chi connectivity index (χ0n) is 8.96. The van der Waals surface area contributed by atoms with Crippen LogP contribution in [0.25, 0.3) is 0 Å². The molecule has 0 radical (unpaired) electrons. The van der Waals surface area contributed by atoms with Crippen LogP contribution in [0.4, 0.5) is 4.79 Å². The van der Waals surface area contributed by atoms with Crippen LogP contribution in [0, 0.1) is 22.0 Å². The van der Waals surface area contributed by atoms with Gasteiger partial charge in [0.05, 0.1) is 0 Å². The lowest BCUT2D eigenvalue weighted by atomic mass is 9.83. The van der Waals surface area contributed by atoms with E-state index in [0.29, 0.717) is 12.3 Å². The van der Waals surface area contributed by atoms with Crippen LogP contribution in [0.3, 0.4) is 0 Å². The van der Waals surface area contributed by atoms with Crippen LogP contribution in [0.1, 0.15) is 32.1 Å². The summed E-state index contributed by atoms with van der Waals surface area (Å²) >= 11 is 0. The monoisotopic (exact) mass is 228 g/mol. The zero-order valence-corrected chi connectivity index (χ0v) is 8.96. The van der Waals surface area contributed by atoms with E-state index in [-0.39, 0.29) is 22.9 Å². The van der Waals surface area contributed by atoms with Gasteiger partial charge in [-0.05, 0) is 31.6 Å². The molecule has 2 fully saturated rings. The highest BCUT2D eigenvalue weighted by Crippen LogP contribution is 2.45. The fraction of sp³-hybridized carbons (Fsp3) is 0.900. The minimum atomic E-state index is -0.974. The van der Waals surface area contributed by atoms with E-state index >= 15 is 0 Å². The van der Waals surface area contributed by atoms with Crippen LogP contribution in [0.15, 0.2) is 0 Å². The first-order valence-corrected chi connectivity index (χ1v) is 5.71. The molecule has 2 aliphatic rings. The van der Waals surface area contributed by atoms with E-state index in [1.54, 1.807) is 0 Å². The molecule has 1 amide bonds. The van der Waals surface area contributed by atoms with Gasteiger partial charge in [-0.1, -0.05) is 0 Å². The highest BCUT2D eigenvalue weighted by atomic mass is 16.6. The van der Waals surface area contributed by atoms with E-state index in [9.17, 15) is 14.9 Å². The lowest BCUT2D eigenvalue weighted by molar-refractivity contribution is -0.499. The second kappa shape index (κ2) is 4.27. The van der Waals surface area contributed by atoms with Crippen molar-refractivity contribution in [3.63, 3.8) is 0 Å². The molecule has 16 heavy (non-hydrogen) atoms. The molecule has 0 unspecified atom stereocenters. The standard InChI is InChI=1S/C10H16N2O4/c13-10(14)11-7-3-1-6(2-4-7)8-5-9(8)12(15)16/h6-9,11H,1-5H2,(H,13,14)/t6?,7?,8-,9+/m1/s1. The summed E-state index contributed by atoms with van der Waals surface area (Å²) in [7, 11) is 0. The van der Waals surface area contributed by atoms with Gasteiger partial charge in [0, 0.05) is 23.3 Å². The predicted octanol–water partition coefficient (Wildman–Crippen LogP) is 1.48. The third-order valence-corrected chi connectivity index (χ3v) is 3.78. The molecule has 0 spiro atoms. The largest absolute Gasteiger partial charge is 0.465 e. The van der Waals surface area contributed by atoms with Gasteiger partial charge in [-0.25, -0.2) is 4.79 Å². The molecule has 6 nitrogen and oxygen atoms in total. The number of nitrogens with zero attached hydrogens (tertiary/aromatic N) is 1. The molecule has 2 rings (SSSR count). The van der Waals surface area contributed by atoms with E-state index in [2.05, 4.69) is 5.32 Å². The van der Waals surface area contributed by atoms with Gasteiger partial charge in [0.2, 0.25) is 6.04 Å². The average Bonchev–Trinajstić information content (AvgIpc) is 2.97. The summed E-state index contributed by atoms with van der Waals surface area (Å²) in [4.78, 5) is 20.8. The molecule has 0 aromatic heterocycles. The quantitative estimate of drug-likeness (QED) is 0.565. The summed E-state index contributed by atoms with van der Waals surface area (Å²) in [5.41, 5.74) is 0. The van der Waals surface area contributed by atoms with Gasteiger partial charge in [0.15, 0.2) is 0 Å². The van der Waals surface area contributed by atoms with Crippen molar-refractivity contribution in [2.24, 2.45) is 11.8 Å². The second-order valence-corrected chi connectivity index (χ2v) is 4.81. The molecule has 2 aliphatic carbocycles. The molecular weight excluding hydrogens is 212 g/mol. The van der Waals surface area contributed by atoms with Gasteiger partial charge in [0.1, 0.15) is 0 Å². The second-order valence-electron chi connectivity index (χ2n) is 4.81. The first-order valence-electron chi connectivity index (χ1n) is 5.71. The summed E-state index contributed by atoms with van der Waals surface area (Å²) in [6, 6.07) is -0.282. The highest BCUT2D eigenvalue weighted by molar-refractivity contribution is 5.64. The molecule has 2 N–H and O–H groups in total. The number of carboxylic acid groups (broad SMARTS) is 1.